The van der Waals surface area contributed by atoms with Crippen molar-refractivity contribution in [3.63, 3.8) is 0 Å². The lowest BCUT2D eigenvalue weighted by Gasteiger charge is -2.23. The second kappa shape index (κ2) is 8.62. The molecule has 2 aromatic carbocycles. The van der Waals surface area contributed by atoms with Crippen LogP contribution in [0.15, 0.2) is 47.5 Å². The van der Waals surface area contributed by atoms with Gasteiger partial charge in [-0.3, -0.25) is 9.59 Å². The van der Waals surface area contributed by atoms with Crippen LogP contribution in [-0.2, 0) is 17.8 Å². The zero-order valence-corrected chi connectivity index (χ0v) is 19.5. The molecule has 2 aromatic heterocycles. The molecule has 0 unspecified atom stereocenters. The molecule has 192 valence electrons. The van der Waals surface area contributed by atoms with E-state index in [1.54, 1.807) is 6.07 Å². The van der Waals surface area contributed by atoms with Crippen LogP contribution in [0, 0.1) is 17.1 Å². The number of hydrogen-bond donors (Lipinski definition) is 1. The van der Waals surface area contributed by atoms with E-state index >= 15 is 0 Å². The summed E-state index contributed by atoms with van der Waals surface area (Å²) in [6.45, 7) is -0.475. The highest BCUT2D eigenvalue weighted by Crippen LogP contribution is 2.44. The summed E-state index contributed by atoms with van der Waals surface area (Å²) in [7, 11) is 0. The molecular formula is C25H17F3N6O4. The Bertz CT molecular complexity index is 1710. The first-order chi connectivity index (χ1) is 18.2. The smallest absolute Gasteiger partial charge is 0.395 e. The van der Waals surface area contributed by atoms with Crippen molar-refractivity contribution < 1.29 is 27.4 Å². The number of alkyl halides is 2. The second-order valence-corrected chi connectivity index (χ2v) is 8.87. The number of benzene rings is 2. The Kier molecular flexibility index (Phi) is 5.34. The molecule has 0 spiro atoms. The molecule has 0 atom stereocenters. The van der Waals surface area contributed by atoms with E-state index in [0.29, 0.717) is 24.1 Å². The summed E-state index contributed by atoms with van der Waals surface area (Å²) >= 11 is 0. The zero-order valence-electron chi connectivity index (χ0n) is 19.5. The Morgan fingerprint density at radius 3 is 2.74 bits per heavy atom. The Labute approximate surface area is 211 Å². The fraction of sp³-hybridized carbons (Fsp3) is 0.240. The van der Waals surface area contributed by atoms with Gasteiger partial charge in [-0.2, -0.15) is 10.4 Å². The highest BCUT2D eigenvalue weighted by molar-refractivity contribution is 5.95. The fourth-order valence-electron chi connectivity index (χ4n) is 4.39. The number of aromatic nitrogens is 4. The molecule has 1 saturated carbocycles. The number of rotatable bonds is 6. The van der Waals surface area contributed by atoms with E-state index in [1.165, 1.54) is 41.6 Å². The van der Waals surface area contributed by atoms with Crippen LogP contribution in [-0.4, -0.2) is 38.0 Å². The topological polar surface area (TPSA) is 126 Å². The summed E-state index contributed by atoms with van der Waals surface area (Å²) in [5.74, 6) is -1.48. The van der Waals surface area contributed by atoms with Crippen molar-refractivity contribution in [1.29, 1.82) is 5.26 Å². The number of amides is 1. The number of H-pyrrole nitrogens is 1. The van der Waals surface area contributed by atoms with Crippen LogP contribution < -0.4 is 19.9 Å². The number of anilines is 1. The number of nitrogens with zero attached hydrogens (tertiary/aromatic N) is 5. The summed E-state index contributed by atoms with van der Waals surface area (Å²) in [5, 5.41) is 13.2. The molecule has 10 nitrogen and oxygen atoms in total. The first-order valence-corrected chi connectivity index (χ1v) is 11.6. The number of fused-ring (bicyclic) bond motifs is 2. The monoisotopic (exact) mass is 522 g/mol. The van der Waals surface area contributed by atoms with E-state index in [-0.39, 0.29) is 46.3 Å². The van der Waals surface area contributed by atoms with E-state index in [4.69, 9.17) is 5.26 Å². The van der Waals surface area contributed by atoms with Gasteiger partial charge in [-0.1, -0.05) is 12.1 Å². The maximum atomic E-state index is 14.6. The van der Waals surface area contributed by atoms with Gasteiger partial charge in [-0.05, 0) is 31.0 Å². The number of halogens is 3. The fourth-order valence-corrected chi connectivity index (χ4v) is 4.39. The van der Waals surface area contributed by atoms with Gasteiger partial charge in [0.05, 0.1) is 18.8 Å². The zero-order chi connectivity index (χ0) is 26.6. The summed E-state index contributed by atoms with van der Waals surface area (Å²) in [4.78, 5) is 34.9. The summed E-state index contributed by atoms with van der Waals surface area (Å²) in [6.07, 6.45) is -1.23. The van der Waals surface area contributed by atoms with Crippen LogP contribution >= 0.6 is 0 Å². The predicted octanol–water partition coefficient (Wildman–Crippen LogP) is 3.51. The van der Waals surface area contributed by atoms with Gasteiger partial charge in [-0.15, -0.1) is 8.78 Å². The molecule has 1 N–H and O–H groups in total. The van der Waals surface area contributed by atoms with Crippen molar-refractivity contribution in [2.24, 2.45) is 0 Å². The molecule has 4 aromatic rings. The van der Waals surface area contributed by atoms with Crippen molar-refractivity contribution in [2.45, 2.75) is 38.1 Å². The molecule has 1 amide bonds. The number of nitriles is 1. The summed E-state index contributed by atoms with van der Waals surface area (Å²) in [5.41, 5.74) is 0.646. The lowest BCUT2D eigenvalue weighted by atomic mass is 10.1. The van der Waals surface area contributed by atoms with E-state index in [2.05, 4.69) is 24.5 Å². The first kappa shape index (κ1) is 23.5. The predicted molar refractivity (Wildman–Crippen MR) is 126 cm³/mol. The summed E-state index contributed by atoms with van der Waals surface area (Å²) in [6, 6.07) is 9.95. The Balaban J connectivity index is 1.36. The maximum absolute atomic E-state index is 14.6. The molecule has 38 heavy (non-hydrogen) atoms. The van der Waals surface area contributed by atoms with Gasteiger partial charge < -0.3 is 19.4 Å². The largest absolute Gasteiger partial charge is 0.586 e. The normalized spacial score (nSPS) is 15.4. The summed E-state index contributed by atoms with van der Waals surface area (Å²) < 4.78 is 51.4. The highest BCUT2D eigenvalue weighted by Gasteiger charge is 2.44. The molecule has 0 radical (unpaired) electrons. The molecule has 1 aliphatic carbocycles. The van der Waals surface area contributed by atoms with Crippen LogP contribution in [0.1, 0.15) is 18.4 Å². The highest BCUT2D eigenvalue weighted by atomic mass is 19.3. The van der Waals surface area contributed by atoms with E-state index in [9.17, 15) is 22.8 Å². The second-order valence-electron chi connectivity index (χ2n) is 8.87. The average molecular weight is 522 g/mol. The van der Waals surface area contributed by atoms with Gasteiger partial charge in [-0.25, -0.2) is 14.1 Å². The van der Waals surface area contributed by atoms with Gasteiger partial charge >= 0.3 is 6.29 Å². The number of carbonyl (C=O) groups is 1. The third-order valence-corrected chi connectivity index (χ3v) is 6.26. The molecule has 13 heteroatoms. The quantitative estimate of drug-likeness (QED) is 0.411. The Hall–Kier alpha value is -4.86. The molecule has 1 aliphatic heterocycles. The first-order valence-electron chi connectivity index (χ1n) is 11.6. The van der Waals surface area contributed by atoms with Gasteiger partial charge in [0, 0.05) is 28.9 Å². The van der Waals surface area contributed by atoms with Crippen molar-refractivity contribution >= 4 is 22.6 Å². The van der Waals surface area contributed by atoms with Crippen LogP contribution in [0.25, 0.3) is 22.3 Å². The van der Waals surface area contributed by atoms with Crippen LogP contribution in [0.2, 0.25) is 0 Å². The lowest BCUT2D eigenvalue weighted by Crippen LogP contribution is -2.39. The molecular weight excluding hydrogens is 505 g/mol. The standard InChI is InChI=1S/C25H17F3N6O4/c26-17-9-14(2-1-13(17)7-8-29)21-22-23(31-12-30-22)24(36)33(32-21)11-20(35)34(15-3-4-15)16-5-6-18-19(10-16)38-25(27,28)37-18/h1-2,5-6,9-10,12,15H,3-4,7,11H2,(H,30,31). The van der Waals surface area contributed by atoms with Crippen LogP contribution in [0.5, 0.6) is 11.5 Å². The van der Waals surface area contributed by atoms with Crippen LogP contribution in [0.3, 0.4) is 0 Å². The number of imidazole rings is 1. The third kappa shape index (κ3) is 4.09. The molecule has 3 heterocycles. The maximum Gasteiger partial charge on any atom is 0.586 e. The molecule has 1 fully saturated rings. The number of carbonyl (C=O) groups excluding carboxylic acids is 1. The number of hydrogen-bond acceptors (Lipinski definition) is 7. The Morgan fingerprint density at radius 1 is 1.21 bits per heavy atom. The van der Waals surface area contributed by atoms with E-state index < -0.39 is 30.1 Å². The lowest BCUT2D eigenvalue weighted by molar-refractivity contribution is -0.286. The van der Waals surface area contributed by atoms with Gasteiger partial charge in [0.15, 0.2) is 11.5 Å². The molecule has 2 aliphatic rings. The molecule has 6 rings (SSSR count). The van der Waals surface area contributed by atoms with Gasteiger partial charge in [0.1, 0.15) is 29.1 Å². The Morgan fingerprint density at radius 2 is 2.00 bits per heavy atom. The average Bonchev–Trinajstić information content (AvgIpc) is 3.47. The number of aromatic amines is 1. The van der Waals surface area contributed by atoms with Gasteiger partial charge in [0.25, 0.3) is 5.56 Å². The minimum atomic E-state index is -3.80. The molecule has 0 bridgehead atoms. The number of nitrogens with one attached hydrogen (secondary N) is 1. The minimum absolute atomic E-state index is 0.0765. The number of ether oxygens (including phenoxy) is 2. The van der Waals surface area contributed by atoms with Crippen molar-refractivity contribution in [1.82, 2.24) is 19.7 Å². The molecule has 0 saturated heterocycles. The van der Waals surface area contributed by atoms with Gasteiger partial charge in [0.2, 0.25) is 5.91 Å². The van der Waals surface area contributed by atoms with E-state index in [1.807, 2.05) is 6.07 Å². The van der Waals surface area contributed by atoms with Crippen molar-refractivity contribution in [2.75, 3.05) is 4.90 Å². The van der Waals surface area contributed by atoms with E-state index in [0.717, 1.165) is 4.68 Å². The van der Waals surface area contributed by atoms with Crippen molar-refractivity contribution in [3.8, 4) is 28.8 Å². The third-order valence-electron chi connectivity index (χ3n) is 6.26. The van der Waals surface area contributed by atoms with Crippen molar-refractivity contribution in [3.05, 3.63) is 64.5 Å². The minimum Gasteiger partial charge on any atom is -0.395 e. The SMILES string of the molecule is N#CCc1ccc(-c2nn(CC(=O)N(c3ccc4c(c3)OC(F)(F)O4)C3CC3)c(=O)c3[nH]cnc23)cc1F. The van der Waals surface area contributed by atoms with Crippen LogP contribution in [0.4, 0.5) is 18.9 Å².